The van der Waals surface area contributed by atoms with Gasteiger partial charge in [-0.3, -0.25) is 4.79 Å². The van der Waals surface area contributed by atoms with Gasteiger partial charge < -0.3 is 10.0 Å². The lowest BCUT2D eigenvalue weighted by Gasteiger charge is -2.42. The van der Waals surface area contributed by atoms with E-state index in [2.05, 4.69) is 30.0 Å². The second-order valence-corrected chi connectivity index (χ2v) is 9.69. The van der Waals surface area contributed by atoms with Crippen LogP contribution >= 0.6 is 0 Å². The van der Waals surface area contributed by atoms with Gasteiger partial charge in [-0.2, -0.15) is 0 Å². The molecule has 2 saturated carbocycles. The van der Waals surface area contributed by atoms with Crippen LogP contribution < -0.4 is 0 Å². The van der Waals surface area contributed by atoms with E-state index in [1.165, 1.54) is 37.7 Å². The van der Waals surface area contributed by atoms with Gasteiger partial charge in [0.15, 0.2) is 0 Å². The standard InChI is InChI=1S/C24H35NO2/c1-17-20(8-3-9-22(17)19-10-11-19)14-18-6-4-12-25(13-5-7-18)23(26)21-15-24(2,27)16-21/h3,8-9,18-19,21,27H,4-7,10-16H2,1-2H3/t21-,24+. The van der Waals surface area contributed by atoms with Crippen molar-refractivity contribution in [1.82, 2.24) is 4.90 Å². The van der Waals surface area contributed by atoms with Crippen LogP contribution in [0, 0.1) is 18.8 Å². The molecule has 3 aliphatic rings. The van der Waals surface area contributed by atoms with E-state index in [1.54, 1.807) is 11.1 Å². The molecule has 1 N–H and O–H groups in total. The Bertz CT molecular complexity index is 674. The number of hydrogen-bond donors (Lipinski definition) is 1. The van der Waals surface area contributed by atoms with Gasteiger partial charge in [0, 0.05) is 19.0 Å². The van der Waals surface area contributed by atoms with Gasteiger partial charge in [-0.15, -0.1) is 0 Å². The molecule has 1 amide bonds. The summed E-state index contributed by atoms with van der Waals surface area (Å²) < 4.78 is 0. The van der Waals surface area contributed by atoms with Crippen LogP contribution in [0.15, 0.2) is 18.2 Å². The molecule has 2 aliphatic carbocycles. The number of benzene rings is 1. The summed E-state index contributed by atoms with van der Waals surface area (Å²) in [4.78, 5) is 14.8. The molecule has 0 bridgehead atoms. The first-order valence-electron chi connectivity index (χ1n) is 11.0. The number of hydrogen-bond acceptors (Lipinski definition) is 2. The van der Waals surface area contributed by atoms with Gasteiger partial charge in [0.05, 0.1) is 5.60 Å². The van der Waals surface area contributed by atoms with E-state index in [9.17, 15) is 9.90 Å². The quantitative estimate of drug-likeness (QED) is 0.843. The average Bonchev–Trinajstić information content (AvgIpc) is 3.41. The van der Waals surface area contributed by atoms with Crippen molar-refractivity contribution < 1.29 is 9.90 Å². The predicted molar refractivity (Wildman–Crippen MR) is 109 cm³/mol. The molecule has 0 radical (unpaired) electrons. The van der Waals surface area contributed by atoms with Crippen LogP contribution in [0.25, 0.3) is 0 Å². The molecule has 27 heavy (non-hydrogen) atoms. The number of carbonyl (C=O) groups excluding carboxylic acids is 1. The van der Waals surface area contributed by atoms with Gasteiger partial charge in [-0.25, -0.2) is 0 Å². The third kappa shape index (κ3) is 4.39. The summed E-state index contributed by atoms with van der Waals surface area (Å²) in [7, 11) is 0. The zero-order valence-electron chi connectivity index (χ0n) is 17.0. The van der Waals surface area contributed by atoms with Gasteiger partial charge in [0.25, 0.3) is 0 Å². The molecule has 3 heteroatoms. The third-order valence-corrected chi connectivity index (χ3v) is 7.13. The van der Waals surface area contributed by atoms with E-state index >= 15 is 0 Å². The van der Waals surface area contributed by atoms with Gasteiger partial charge in [0.2, 0.25) is 5.91 Å². The van der Waals surface area contributed by atoms with E-state index in [0.29, 0.717) is 12.8 Å². The highest BCUT2D eigenvalue weighted by Gasteiger charge is 2.43. The van der Waals surface area contributed by atoms with Crippen LogP contribution in [-0.4, -0.2) is 34.6 Å². The van der Waals surface area contributed by atoms with Crippen molar-refractivity contribution in [2.75, 3.05) is 13.1 Å². The maximum Gasteiger partial charge on any atom is 0.225 e. The smallest absolute Gasteiger partial charge is 0.225 e. The Morgan fingerprint density at radius 2 is 1.81 bits per heavy atom. The lowest BCUT2D eigenvalue weighted by atomic mass is 9.71. The SMILES string of the molecule is Cc1c(CC2CCCN(C(=O)[C@H]3C[C@@](C)(O)C3)CCC2)cccc1C1CC1. The van der Waals surface area contributed by atoms with Gasteiger partial charge in [0.1, 0.15) is 0 Å². The number of rotatable bonds is 4. The molecular formula is C24H35NO2. The fourth-order valence-corrected chi connectivity index (χ4v) is 5.33. The first-order chi connectivity index (χ1) is 12.9. The van der Waals surface area contributed by atoms with Crippen LogP contribution in [0.3, 0.4) is 0 Å². The molecule has 1 aliphatic heterocycles. The van der Waals surface area contributed by atoms with Gasteiger partial charge in [-0.05, 0) is 100 Å². The summed E-state index contributed by atoms with van der Waals surface area (Å²) >= 11 is 0. The van der Waals surface area contributed by atoms with Crippen molar-refractivity contribution in [3.05, 3.63) is 34.9 Å². The monoisotopic (exact) mass is 369 g/mol. The Labute approximate surface area is 164 Å². The molecule has 1 aromatic rings. The van der Waals surface area contributed by atoms with Crippen LogP contribution in [0.5, 0.6) is 0 Å². The molecular weight excluding hydrogens is 334 g/mol. The Hall–Kier alpha value is -1.35. The molecule has 1 aromatic carbocycles. The number of aliphatic hydroxyl groups is 1. The van der Waals surface area contributed by atoms with Crippen molar-refractivity contribution >= 4 is 5.91 Å². The summed E-state index contributed by atoms with van der Waals surface area (Å²) in [5.74, 6) is 1.92. The molecule has 4 rings (SSSR count). The van der Waals surface area contributed by atoms with E-state index < -0.39 is 5.60 Å². The predicted octanol–water partition coefficient (Wildman–Crippen LogP) is 4.59. The minimum absolute atomic E-state index is 0.0584. The van der Waals surface area contributed by atoms with Crippen LogP contribution in [0.4, 0.5) is 0 Å². The molecule has 1 heterocycles. The lowest BCUT2D eigenvalue weighted by Crippen LogP contribution is -2.50. The lowest BCUT2D eigenvalue weighted by molar-refractivity contribution is -0.150. The summed E-state index contributed by atoms with van der Waals surface area (Å²) in [5.41, 5.74) is 4.07. The normalized spacial score (nSPS) is 29.7. The first-order valence-corrected chi connectivity index (χ1v) is 11.0. The minimum Gasteiger partial charge on any atom is -0.390 e. The Kier molecular flexibility index (Phi) is 5.33. The molecule has 0 atom stereocenters. The molecule has 148 valence electrons. The summed E-state index contributed by atoms with van der Waals surface area (Å²) in [6.07, 6.45) is 9.89. The topological polar surface area (TPSA) is 40.5 Å². The summed E-state index contributed by atoms with van der Waals surface area (Å²) in [6, 6.07) is 6.92. The Balaban J connectivity index is 1.30. The minimum atomic E-state index is -0.610. The van der Waals surface area contributed by atoms with Crippen molar-refractivity contribution in [2.45, 2.75) is 83.2 Å². The summed E-state index contributed by atoms with van der Waals surface area (Å²) in [5, 5.41) is 9.92. The highest BCUT2D eigenvalue weighted by molar-refractivity contribution is 5.80. The Morgan fingerprint density at radius 3 is 2.41 bits per heavy atom. The van der Waals surface area contributed by atoms with Crippen molar-refractivity contribution in [2.24, 2.45) is 11.8 Å². The van der Waals surface area contributed by atoms with E-state index in [-0.39, 0.29) is 11.8 Å². The number of likely N-dealkylation sites (tertiary alicyclic amines) is 1. The first kappa shape index (κ1) is 19.0. The van der Waals surface area contributed by atoms with E-state index in [4.69, 9.17) is 0 Å². The van der Waals surface area contributed by atoms with Crippen molar-refractivity contribution in [3.63, 3.8) is 0 Å². The second-order valence-electron chi connectivity index (χ2n) is 9.69. The molecule has 0 spiro atoms. The van der Waals surface area contributed by atoms with Gasteiger partial charge >= 0.3 is 0 Å². The number of amides is 1. The highest BCUT2D eigenvalue weighted by Crippen LogP contribution is 2.42. The molecule has 1 saturated heterocycles. The van der Waals surface area contributed by atoms with Gasteiger partial charge in [-0.1, -0.05) is 18.2 Å². The van der Waals surface area contributed by atoms with Crippen LogP contribution in [0.1, 0.15) is 80.9 Å². The van der Waals surface area contributed by atoms with Crippen molar-refractivity contribution in [1.29, 1.82) is 0 Å². The Morgan fingerprint density at radius 1 is 1.15 bits per heavy atom. The maximum atomic E-state index is 12.7. The largest absolute Gasteiger partial charge is 0.390 e. The highest BCUT2D eigenvalue weighted by atomic mass is 16.3. The molecule has 3 nitrogen and oxygen atoms in total. The second kappa shape index (κ2) is 7.58. The number of carbonyl (C=O) groups is 1. The fraction of sp³-hybridized carbons (Fsp3) is 0.708. The molecule has 0 aromatic heterocycles. The molecule has 3 fully saturated rings. The maximum absolute atomic E-state index is 12.7. The summed E-state index contributed by atoms with van der Waals surface area (Å²) in [6.45, 7) is 5.96. The zero-order valence-corrected chi connectivity index (χ0v) is 17.0. The third-order valence-electron chi connectivity index (χ3n) is 7.13. The van der Waals surface area contributed by atoms with E-state index in [1.807, 2.05) is 6.92 Å². The molecule has 0 unspecified atom stereocenters. The number of nitrogens with zero attached hydrogens (tertiary/aromatic N) is 1. The average molecular weight is 370 g/mol. The van der Waals surface area contributed by atoms with Crippen LogP contribution in [-0.2, 0) is 11.2 Å². The zero-order chi connectivity index (χ0) is 19.0. The van der Waals surface area contributed by atoms with Crippen LogP contribution in [0.2, 0.25) is 0 Å². The fourth-order valence-electron chi connectivity index (χ4n) is 5.33. The van der Waals surface area contributed by atoms with Crippen molar-refractivity contribution in [3.8, 4) is 0 Å². The van der Waals surface area contributed by atoms with E-state index in [0.717, 1.165) is 37.8 Å².